The van der Waals surface area contributed by atoms with Gasteiger partial charge in [-0.05, 0) is 98.7 Å². The van der Waals surface area contributed by atoms with Gasteiger partial charge in [0, 0.05) is 13.0 Å². The van der Waals surface area contributed by atoms with Crippen LogP contribution in [0.4, 0.5) is 0 Å². The molecule has 0 aliphatic heterocycles. The Morgan fingerprint density at radius 1 is 1.11 bits per heavy atom. The number of fused-ring (bicyclic) bond motifs is 5. The maximum atomic E-state index is 13.5. The Hall–Kier alpha value is -1.76. The van der Waals surface area contributed by atoms with E-state index >= 15 is 0 Å². The van der Waals surface area contributed by atoms with Gasteiger partial charge in [-0.1, -0.05) is 25.5 Å². The molecule has 4 aliphatic carbocycles. The maximum Gasteiger partial charge on any atom is 0.360 e. The Labute approximate surface area is 209 Å². The fourth-order valence-electron chi connectivity index (χ4n) is 9.29. The zero-order valence-electron chi connectivity index (χ0n) is 22.0. The van der Waals surface area contributed by atoms with Gasteiger partial charge in [-0.15, -0.1) is 5.10 Å². The van der Waals surface area contributed by atoms with Gasteiger partial charge in [0.1, 0.15) is 6.54 Å². The van der Waals surface area contributed by atoms with Gasteiger partial charge in [0.05, 0.1) is 19.4 Å². The highest BCUT2D eigenvalue weighted by molar-refractivity contribution is 5.87. The number of ether oxygens (including phenoxy) is 2. The summed E-state index contributed by atoms with van der Waals surface area (Å²) in [4.78, 5) is 25.5. The van der Waals surface area contributed by atoms with Crippen molar-refractivity contribution in [2.24, 2.45) is 46.3 Å². The number of carbonyl (C=O) groups excluding carboxylic acids is 2. The zero-order valence-corrected chi connectivity index (χ0v) is 22.0. The third-order valence-electron chi connectivity index (χ3n) is 10.8. The normalized spacial score (nSPS) is 40.5. The molecule has 4 aliphatic rings. The van der Waals surface area contributed by atoms with E-state index in [1.54, 1.807) is 13.1 Å². The van der Waals surface area contributed by atoms with Crippen LogP contribution in [0.2, 0.25) is 0 Å². The average molecular weight is 486 g/mol. The molecule has 7 nitrogen and oxygen atoms in total. The maximum absolute atomic E-state index is 13.5. The molecule has 7 heteroatoms. The van der Waals surface area contributed by atoms with E-state index in [0.29, 0.717) is 23.9 Å². The molecular formula is C28H43N3O4. The number of carbonyl (C=O) groups is 2. The van der Waals surface area contributed by atoms with E-state index in [1.165, 1.54) is 43.2 Å². The number of hydrogen-bond acceptors (Lipinski definition) is 6. The Morgan fingerprint density at radius 2 is 1.94 bits per heavy atom. The third-order valence-corrected chi connectivity index (χ3v) is 10.8. The third kappa shape index (κ3) is 4.15. The van der Waals surface area contributed by atoms with Crippen molar-refractivity contribution in [1.82, 2.24) is 15.0 Å². The van der Waals surface area contributed by atoms with Crippen LogP contribution in [0.3, 0.4) is 0 Å². The number of methoxy groups -OCH3 is 1. The van der Waals surface area contributed by atoms with Gasteiger partial charge < -0.3 is 9.47 Å². The Balaban J connectivity index is 1.31. The van der Waals surface area contributed by atoms with Crippen LogP contribution in [0.15, 0.2) is 6.20 Å². The van der Waals surface area contributed by atoms with Crippen LogP contribution in [0.25, 0.3) is 0 Å². The first-order valence-corrected chi connectivity index (χ1v) is 13.9. The van der Waals surface area contributed by atoms with Crippen molar-refractivity contribution in [3.63, 3.8) is 0 Å². The molecule has 35 heavy (non-hydrogen) atoms. The largest absolute Gasteiger partial charge is 0.461 e. The van der Waals surface area contributed by atoms with E-state index in [0.717, 1.165) is 43.6 Å². The van der Waals surface area contributed by atoms with Crippen molar-refractivity contribution in [1.29, 1.82) is 0 Å². The number of Topliss-reactive ketones (excluding diaryl/α,β-unsaturated/α-hetero) is 1. The molecule has 4 fully saturated rings. The van der Waals surface area contributed by atoms with Crippen molar-refractivity contribution in [2.75, 3.05) is 20.3 Å². The van der Waals surface area contributed by atoms with Crippen molar-refractivity contribution < 1.29 is 19.1 Å². The number of rotatable bonds is 7. The van der Waals surface area contributed by atoms with Crippen LogP contribution >= 0.6 is 0 Å². The van der Waals surface area contributed by atoms with Gasteiger partial charge in [0.2, 0.25) is 0 Å². The van der Waals surface area contributed by atoms with Crippen molar-refractivity contribution in [2.45, 2.75) is 85.1 Å². The molecule has 0 amide bonds. The summed E-state index contributed by atoms with van der Waals surface area (Å²) in [5.41, 5.74) is 0.571. The van der Waals surface area contributed by atoms with E-state index in [1.807, 2.05) is 7.11 Å². The first-order chi connectivity index (χ1) is 16.8. The quantitative estimate of drug-likeness (QED) is 0.509. The van der Waals surface area contributed by atoms with Crippen LogP contribution in [0, 0.1) is 46.3 Å². The number of aromatic nitrogens is 3. The first-order valence-electron chi connectivity index (χ1n) is 13.9. The molecule has 1 heterocycles. The number of hydrogen-bond donors (Lipinski definition) is 0. The molecule has 0 saturated heterocycles. The molecular weight excluding hydrogens is 442 g/mol. The molecule has 1 aromatic heterocycles. The molecule has 4 saturated carbocycles. The predicted octanol–water partition coefficient (Wildman–Crippen LogP) is 4.95. The topological polar surface area (TPSA) is 83.3 Å². The first kappa shape index (κ1) is 24.9. The van der Waals surface area contributed by atoms with Crippen molar-refractivity contribution in [3.05, 3.63) is 11.9 Å². The zero-order chi connectivity index (χ0) is 24.8. The van der Waals surface area contributed by atoms with Gasteiger partial charge in [0.25, 0.3) is 0 Å². The van der Waals surface area contributed by atoms with Gasteiger partial charge in [0.15, 0.2) is 11.5 Å². The molecule has 8 atom stereocenters. The summed E-state index contributed by atoms with van der Waals surface area (Å²) in [5.74, 6) is 3.52. The SMILES string of the molecule is CCOC(=O)c1cn(CC(=O)[C@H]2CCC3[C@@H]4CCC5C[C@@H](C)CC[C@]5(COC)C4CC[C@@]32C)nn1. The highest BCUT2D eigenvalue weighted by atomic mass is 16.5. The molecule has 0 aromatic carbocycles. The standard InChI is InChI=1S/C28H43N3O4/c1-5-35-26(33)24-15-31(30-29-24)16-25(32)23-9-8-21-20-7-6-19-14-18(2)10-13-28(19,17-34-4)22(20)11-12-27(21,23)3/h15,18-23H,5-14,16-17H2,1-4H3/t18-,19?,20-,21?,22?,23+,27-,28+/m0/s1. The lowest BCUT2D eigenvalue weighted by Gasteiger charge is -2.61. The van der Waals surface area contributed by atoms with Gasteiger partial charge in [-0.25, -0.2) is 9.48 Å². The highest BCUT2D eigenvalue weighted by Crippen LogP contribution is 2.68. The summed E-state index contributed by atoms with van der Waals surface area (Å²) < 4.78 is 12.4. The second-order valence-corrected chi connectivity index (χ2v) is 12.4. The molecule has 0 radical (unpaired) electrons. The van der Waals surface area contributed by atoms with Gasteiger partial charge in [-0.3, -0.25) is 4.79 Å². The Morgan fingerprint density at radius 3 is 2.71 bits per heavy atom. The minimum atomic E-state index is -0.491. The summed E-state index contributed by atoms with van der Waals surface area (Å²) in [6.45, 7) is 7.97. The lowest BCUT2D eigenvalue weighted by atomic mass is 9.44. The van der Waals surface area contributed by atoms with Crippen LogP contribution < -0.4 is 0 Å². The van der Waals surface area contributed by atoms with E-state index in [9.17, 15) is 9.59 Å². The van der Waals surface area contributed by atoms with Gasteiger partial charge in [-0.2, -0.15) is 0 Å². The number of ketones is 1. The Kier molecular flexibility index (Phi) is 6.84. The van der Waals surface area contributed by atoms with E-state index in [4.69, 9.17) is 9.47 Å². The predicted molar refractivity (Wildman–Crippen MR) is 132 cm³/mol. The molecule has 5 rings (SSSR count). The van der Waals surface area contributed by atoms with Crippen molar-refractivity contribution >= 4 is 11.8 Å². The summed E-state index contributed by atoms with van der Waals surface area (Å²) in [7, 11) is 1.89. The number of nitrogens with zero attached hydrogens (tertiary/aromatic N) is 3. The minimum Gasteiger partial charge on any atom is -0.461 e. The molecule has 194 valence electrons. The molecule has 0 N–H and O–H groups in total. The van der Waals surface area contributed by atoms with Gasteiger partial charge >= 0.3 is 5.97 Å². The average Bonchev–Trinajstić information content (AvgIpc) is 3.44. The second-order valence-electron chi connectivity index (χ2n) is 12.4. The molecule has 0 spiro atoms. The Bertz CT molecular complexity index is 946. The van der Waals surface area contributed by atoms with Crippen LogP contribution in [0.5, 0.6) is 0 Å². The summed E-state index contributed by atoms with van der Waals surface area (Å²) in [6.07, 6.45) is 12.7. The van der Waals surface area contributed by atoms with Crippen LogP contribution in [-0.2, 0) is 20.8 Å². The molecule has 1 aromatic rings. The summed E-state index contributed by atoms with van der Waals surface area (Å²) in [5, 5.41) is 7.95. The summed E-state index contributed by atoms with van der Waals surface area (Å²) in [6, 6.07) is 0. The van der Waals surface area contributed by atoms with Crippen molar-refractivity contribution in [3.8, 4) is 0 Å². The lowest BCUT2D eigenvalue weighted by molar-refractivity contribution is -0.154. The van der Waals surface area contributed by atoms with Crippen LogP contribution in [-0.4, -0.2) is 47.1 Å². The smallest absolute Gasteiger partial charge is 0.360 e. The van der Waals surface area contributed by atoms with E-state index < -0.39 is 5.97 Å². The molecule has 0 bridgehead atoms. The van der Waals surface area contributed by atoms with Crippen LogP contribution in [0.1, 0.15) is 89.0 Å². The lowest BCUT2D eigenvalue weighted by Crippen LogP contribution is -2.56. The summed E-state index contributed by atoms with van der Waals surface area (Å²) >= 11 is 0. The minimum absolute atomic E-state index is 0.0613. The number of esters is 1. The van der Waals surface area contributed by atoms with E-state index in [2.05, 4.69) is 24.2 Å². The monoisotopic (exact) mass is 485 g/mol. The molecule has 3 unspecified atom stereocenters. The fraction of sp³-hybridized carbons (Fsp3) is 0.857. The van der Waals surface area contributed by atoms with E-state index in [-0.39, 0.29) is 29.4 Å². The fourth-order valence-corrected chi connectivity index (χ4v) is 9.29. The highest BCUT2D eigenvalue weighted by Gasteiger charge is 2.62. The second kappa shape index (κ2) is 9.60.